The highest BCUT2D eigenvalue weighted by atomic mass is 32.1. The number of methoxy groups -OCH3 is 1. The molecule has 0 atom stereocenters. The Morgan fingerprint density at radius 3 is 2.78 bits per heavy atom. The van der Waals surface area contributed by atoms with E-state index < -0.39 is 5.97 Å². The van der Waals surface area contributed by atoms with Gasteiger partial charge < -0.3 is 9.84 Å². The maximum atomic E-state index is 11.0. The monoisotopic (exact) mass is 389 g/mol. The summed E-state index contributed by atoms with van der Waals surface area (Å²) in [5.41, 5.74) is 2.11. The van der Waals surface area contributed by atoms with Crippen molar-refractivity contribution in [1.29, 1.82) is 0 Å². The van der Waals surface area contributed by atoms with Gasteiger partial charge in [-0.2, -0.15) is 0 Å². The molecule has 1 aliphatic heterocycles. The van der Waals surface area contributed by atoms with Crippen molar-refractivity contribution in [2.75, 3.05) is 33.3 Å². The van der Waals surface area contributed by atoms with Gasteiger partial charge in [-0.15, -0.1) is 11.3 Å². The highest BCUT2D eigenvalue weighted by Gasteiger charge is 2.25. The number of carboxylic acids is 1. The summed E-state index contributed by atoms with van der Waals surface area (Å²) in [7, 11) is 1.68. The van der Waals surface area contributed by atoms with Crippen LogP contribution in [0.25, 0.3) is 10.6 Å². The van der Waals surface area contributed by atoms with Crippen molar-refractivity contribution >= 4 is 17.3 Å². The minimum absolute atomic E-state index is 0.134. The Kier molecular flexibility index (Phi) is 6.82. The van der Waals surface area contributed by atoms with E-state index in [2.05, 4.69) is 15.2 Å². The molecule has 3 rings (SSSR count). The van der Waals surface area contributed by atoms with Gasteiger partial charge in [-0.05, 0) is 31.5 Å². The Bertz CT molecular complexity index is 756. The number of hydrogen-bond donors (Lipinski definition) is 1. The number of para-hydroxylation sites is 1. The Morgan fingerprint density at radius 2 is 2.11 bits per heavy atom. The van der Waals surface area contributed by atoms with Gasteiger partial charge in [0, 0.05) is 31.1 Å². The summed E-state index contributed by atoms with van der Waals surface area (Å²) in [4.78, 5) is 20.3. The molecular weight excluding hydrogens is 362 g/mol. The van der Waals surface area contributed by atoms with Crippen LogP contribution in [0.3, 0.4) is 0 Å². The van der Waals surface area contributed by atoms with Crippen molar-refractivity contribution in [3.8, 4) is 16.3 Å². The number of hydrogen-bond acceptors (Lipinski definition) is 6. The molecule has 2 heterocycles. The van der Waals surface area contributed by atoms with Gasteiger partial charge in [0.2, 0.25) is 0 Å². The number of likely N-dealkylation sites (tertiary alicyclic amines) is 1. The quantitative estimate of drug-likeness (QED) is 0.748. The Hall–Kier alpha value is -1.96. The maximum absolute atomic E-state index is 11.0. The summed E-state index contributed by atoms with van der Waals surface area (Å²) in [5, 5.41) is 12.2. The second-order valence-corrected chi connectivity index (χ2v) is 7.67. The molecule has 27 heavy (non-hydrogen) atoms. The van der Waals surface area contributed by atoms with Gasteiger partial charge in [0.1, 0.15) is 10.8 Å². The van der Waals surface area contributed by atoms with Crippen LogP contribution in [0.4, 0.5) is 0 Å². The van der Waals surface area contributed by atoms with E-state index in [-0.39, 0.29) is 6.54 Å². The summed E-state index contributed by atoms with van der Waals surface area (Å²) in [6.45, 7) is 5.73. The number of benzene rings is 1. The maximum Gasteiger partial charge on any atom is 0.317 e. The minimum atomic E-state index is -0.745. The van der Waals surface area contributed by atoms with Crippen LogP contribution in [0, 0.1) is 0 Å². The molecule has 1 aromatic heterocycles. The highest BCUT2D eigenvalue weighted by molar-refractivity contribution is 7.13. The first-order valence-electron chi connectivity index (χ1n) is 9.36. The van der Waals surface area contributed by atoms with Gasteiger partial charge in [0.05, 0.1) is 24.9 Å². The molecule has 1 aromatic carbocycles. The lowest BCUT2D eigenvalue weighted by atomic mass is 10.0. The molecule has 0 aliphatic carbocycles. The number of thiazole rings is 1. The van der Waals surface area contributed by atoms with E-state index in [0.717, 1.165) is 61.0 Å². The van der Waals surface area contributed by atoms with E-state index in [0.29, 0.717) is 6.04 Å². The van der Waals surface area contributed by atoms with E-state index in [9.17, 15) is 4.79 Å². The first kappa shape index (κ1) is 19.8. The van der Waals surface area contributed by atoms with Crippen molar-refractivity contribution in [1.82, 2.24) is 14.8 Å². The Morgan fingerprint density at radius 1 is 1.37 bits per heavy atom. The van der Waals surface area contributed by atoms with Crippen molar-refractivity contribution in [3.05, 3.63) is 35.3 Å². The summed E-state index contributed by atoms with van der Waals surface area (Å²) in [6, 6.07) is 8.32. The molecule has 0 spiro atoms. The molecule has 1 N–H and O–H groups in total. The predicted molar refractivity (Wildman–Crippen MR) is 107 cm³/mol. The van der Waals surface area contributed by atoms with Crippen molar-refractivity contribution in [2.24, 2.45) is 0 Å². The second-order valence-electron chi connectivity index (χ2n) is 6.81. The average Bonchev–Trinajstić information content (AvgIpc) is 3.15. The number of likely N-dealkylation sites (N-methyl/N-ethyl adjacent to an activating group) is 1. The molecule has 1 fully saturated rings. The summed E-state index contributed by atoms with van der Waals surface area (Å²) >= 11 is 1.65. The van der Waals surface area contributed by atoms with Gasteiger partial charge in [-0.1, -0.05) is 19.1 Å². The average molecular weight is 390 g/mol. The molecule has 0 bridgehead atoms. The lowest BCUT2D eigenvalue weighted by Crippen LogP contribution is -2.46. The lowest BCUT2D eigenvalue weighted by Gasteiger charge is -2.37. The molecule has 146 valence electrons. The summed E-state index contributed by atoms with van der Waals surface area (Å²) in [5.74, 6) is 0.0999. The fraction of sp³-hybridized carbons (Fsp3) is 0.500. The van der Waals surface area contributed by atoms with Crippen LogP contribution in [0.15, 0.2) is 29.6 Å². The van der Waals surface area contributed by atoms with Crippen LogP contribution < -0.4 is 4.74 Å². The standard InChI is InChI=1S/C20H27N3O3S/c1-3-23(13-19(24)25)16-8-10-22(11-9-16)12-15-14-27-20(21-15)17-6-4-5-7-18(17)26-2/h4-7,14,16H,3,8-13H2,1-2H3,(H,24,25). The van der Waals surface area contributed by atoms with Gasteiger partial charge in [0.15, 0.2) is 0 Å². The number of nitrogens with zero attached hydrogens (tertiary/aromatic N) is 3. The van der Waals surface area contributed by atoms with Crippen LogP contribution in [0.2, 0.25) is 0 Å². The highest BCUT2D eigenvalue weighted by Crippen LogP contribution is 2.32. The fourth-order valence-corrected chi connectivity index (χ4v) is 4.51. The fourth-order valence-electron chi connectivity index (χ4n) is 3.67. The number of aliphatic carboxylic acids is 1. The number of carbonyl (C=O) groups is 1. The molecule has 2 aromatic rings. The smallest absolute Gasteiger partial charge is 0.317 e. The number of ether oxygens (including phenoxy) is 1. The van der Waals surface area contributed by atoms with Crippen molar-refractivity contribution in [2.45, 2.75) is 32.4 Å². The summed E-state index contributed by atoms with van der Waals surface area (Å²) in [6.07, 6.45) is 2.01. The van der Waals surface area contributed by atoms with Crippen LogP contribution in [-0.4, -0.2) is 65.2 Å². The van der Waals surface area contributed by atoms with Crippen molar-refractivity contribution in [3.63, 3.8) is 0 Å². The molecule has 1 saturated heterocycles. The first-order valence-corrected chi connectivity index (χ1v) is 10.2. The number of carboxylic acid groups (broad SMARTS) is 1. The van der Waals surface area contributed by atoms with Crippen LogP contribution in [-0.2, 0) is 11.3 Å². The van der Waals surface area contributed by atoms with E-state index in [4.69, 9.17) is 14.8 Å². The van der Waals surface area contributed by atoms with E-state index in [1.165, 1.54) is 0 Å². The normalized spacial score (nSPS) is 16.0. The molecule has 0 saturated carbocycles. The molecule has 7 heteroatoms. The number of aromatic nitrogens is 1. The van der Waals surface area contributed by atoms with Crippen LogP contribution in [0.1, 0.15) is 25.5 Å². The third kappa shape index (κ3) is 5.06. The van der Waals surface area contributed by atoms with Gasteiger partial charge >= 0.3 is 5.97 Å². The largest absolute Gasteiger partial charge is 0.496 e. The zero-order chi connectivity index (χ0) is 19.2. The molecule has 0 amide bonds. The second kappa shape index (κ2) is 9.30. The van der Waals surface area contributed by atoms with Crippen LogP contribution >= 0.6 is 11.3 Å². The number of rotatable bonds is 8. The summed E-state index contributed by atoms with van der Waals surface area (Å²) < 4.78 is 5.44. The third-order valence-electron chi connectivity index (χ3n) is 5.09. The zero-order valence-electron chi connectivity index (χ0n) is 15.9. The molecule has 0 unspecified atom stereocenters. The SMILES string of the molecule is CCN(CC(=O)O)C1CCN(Cc2csc(-c3ccccc3OC)n2)CC1. The zero-order valence-corrected chi connectivity index (χ0v) is 16.7. The van der Waals surface area contributed by atoms with Gasteiger partial charge in [0.25, 0.3) is 0 Å². The third-order valence-corrected chi connectivity index (χ3v) is 6.02. The van der Waals surface area contributed by atoms with E-state index >= 15 is 0 Å². The molecule has 0 radical (unpaired) electrons. The van der Waals surface area contributed by atoms with Gasteiger partial charge in [-0.25, -0.2) is 4.98 Å². The minimum Gasteiger partial charge on any atom is -0.496 e. The number of piperidine rings is 1. The molecular formula is C20H27N3O3S. The van der Waals surface area contributed by atoms with Crippen molar-refractivity contribution < 1.29 is 14.6 Å². The molecule has 1 aliphatic rings. The van der Waals surface area contributed by atoms with Crippen LogP contribution in [0.5, 0.6) is 5.75 Å². The van der Waals surface area contributed by atoms with E-state index in [1.807, 2.05) is 31.2 Å². The first-order chi connectivity index (χ1) is 13.1. The Balaban J connectivity index is 1.57. The predicted octanol–water partition coefficient (Wildman–Crippen LogP) is 3.19. The Labute approximate surface area is 164 Å². The van der Waals surface area contributed by atoms with E-state index in [1.54, 1.807) is 18.4 Å². The van der Waals surface area contributed by atoms with Gasteiger partial charge in [-0.3, -0.25) is 14.6 Å². The molecule has 6 nitrogen and oxygen atoms in total. The topological polar surface area (TPSA) is 65.9 Å². The lowest BCUT2D eigenvalue weighted by molar-refractivity contribution is -0.139.